The van der Waals surface area contributed by atoms with Gasteiger partial charge in [0, 0.05) is 38.3 Å². The summed E-state index contributed by atoms with van der Waals surface area (Å²) < 4.78 is 65.9. The summed E-state index contributed by atoms with van der Waals surface area (Å²) in [6.45, 7) is 6.90. The Labute approximate surface area is 182 Å². The first kappa shape index (κ1) is 24.0. The van der Waals surface area contributed by atoms with Crippen LogP contribution in [0.15, 0.2) is 29.2 Å². The zero-order chi connectivity index (χ0) is 23.0. The van der Waals surface area contributed by atoms with Crippen LogP contribution in [0.25, 0.3) is 0 Å². The van der Waals surface area contributed by atoms with Crippen LogP contribution < -0.4 is 0 Å². The lowest BCUT2D eigenvalue weighted by Crippen LogP contribution is -2.58. The number of likely N-dealkylation sites (tertiary alicyclic amines) is 1. The van der Waals surface area contributed by atoms with Crippen LogP contribution in [0.1, 0.15) is 45.6 Å². The summed E-state index contributed by atoms with van der Waals surface area (Å²) in [6.07, 6.45) is -1.55. The molecule has 0 radical (unpaired) electrons. The molecule has 0 unspecified atom stereocenters. The van der Waals surface area contributed by atoms with Crippen LogP contribution in [-0.2, 0) is 21.0 Å². The van der Waals surface area contributed by atoms with E-state index in [1.165, 1.54) is 10.4 Å². The number of hydrogen-bond acceptors (Lipinski definition) is 4. The number of piperazine rings is 1. The Morgan fingerprint density at radius 1 is 1.06 bits per heavy atom. The summed E-state index contributed by atoms with van der Waals surface area (Å²) in [5.41, 5.74) is -0.990. The molecule has 1 aromatic carbocycles. The first-order valence-electron chi connectivity index (χ1n) is 10.7. The number of benzene rings is 1. The molecule has 2 aliphatic rings. The van der Waals surface area contributed by atoms with E-state index < -0.39 is 21.8 Å². The zero-order valence-electron chi connectivity index (χ0n) is 18.1. The van der Waals surface area contributed by atoms with E-state index in [0.29, 0.717) is 19.2 Å². The summed E-state index contributed by atoms with van der Waals surface area (Å²) >= 11 is 0. The molecular formula is C21H30F3N3O3S. The average molecular weight is 462 g/mol. The Bertz CT molecular complexity index is 889. The van der Waals surface area contributed by atoms with Gasteiger partial charge in [-0.1, -0.05) is 6.07 Å². The zero-order valence-corrected chi connectivity index (χ0v) is 18.9. The van der Waals surface area contributed by atoms with Gasteiger partial charge in [-0.2, -0.15) is 17.5 Å². The maximum atomic E-state index is 13.1. The Balaban J connectivity index is 1.67. The molecule has 1 amide bonds. The van der Waals surface area contributed by atoms with Crippen LogP contribution in [-0.4, -0.2) is 72.7 Å². The van der Waals surface area contributed by atoms with E-state index in [0.717, 1.165) is 31.4 Å². The standard InChI is InChI=1S/C21H30F3N3O3S/c1-15-6-4-7-16(2)27(15)20(28)17(3)25-10-12-26(13-11-25)31(29,30)19-9-5-8-18(14-19)21(22,23)24/h5,8-9,14-17H,4,6-7,10-13H2,1-3H3/t15-,16-,17+/m0/s1. The van der Waals surface area contributed by atoms with Gasteiger partial charge in [-0.25, -0.2) is 8.42 Å². The van der Waals surface area contributed by atoms with Crippen molar-refractivity contribution in [3.05, 3.63) is 29.8 Å². The first-order chi connectivity index (χ1) is 14.4. The van der Waals surface area contributed by atoms with Crippen LogP contribution in [0.5, 0.6) is 0 Å². The molecule has 0 saturated carbocycles. The lowest BCUT2D eigenvalue weighted by Gasteiger charge is -2.43. The summed E-state index contributed by atoms with van der Waals surface area (Å²) in [6, 6.07) is 3.80. The quantitative estimate of drug-likeness (QED) is 0.691. The van der Waals surface area contributed by atoms with Gasteiger partial charge in [-0.05, 0) is 58.2 Å². The second-order valence-electron chi connectivity index (χ2n) is 8.52. The number of carbonyl (C=O) groups is 1. The van der Waals surface area contributed by atoms with Crippen molar-refractivity contribution in [1.29, 1.82) is 0 Å². The highest BCUT2D eigenvalue weighted by Gasteiger charge is 2.37. The van der Waals surface area contributed by atoms with Crippen LogP contribution in [0.4, 0.5) is 13.2 Å². The Morgan fingerprint density at radius 2 is 1.65 bits per heavy atom. The van der Waals surface area contributed by atoms with E-state index in [2.05, 4.69) is 13.8 Å². The monoisotopic (exact) mass is 461 g/mol. The number of piperidine rings is 1. The van der Waals surface area contributed by atoms with Gasteiger partial charge in [-0.3, -0.25) is 9.69 Å². The summed E-state index contributed by atoms with van der Waals surface area (Å²) in [5, 5.41) is 0. The molecule has 2 heterocycles. The maximum absolute atomic E-state index is 13.1. The number of amides is 1. The molecule has 3 rings (SSSR count). The molecule has 6 nitrogen and oxygen atoms in total. The highest BCUT2D eigenvalue weighted by Crippen LogP contribution is 2.31. The van der Waals surface area contributed by atoms with Crippen molar-refractivity contribution in [2.45, 2.75) is 69.2 Å². The predicted octanol–water partition coefficient (Wildman–Crippen LogP) is 3.19. The van der Waals surface area contributed by atoms with Crippen molar-refractivity contribution in [3.8, 4) is 0 Å². The maximum Gasteiger partial charge on any atom is 0.416 e. The number of halogens is 3. The predicted molar refractivity (Wildman–Crippen MR) is 111 cm³/mol. The van der Waals surface area contributed by atoms with Crippen molar-refractivity contribution in [2.24, 2.45) is 0 Å². The van der Waals surface area contributed by atoms with E-state index in [4.69, 9.17) is 0 Å². The average Bonchev–Trinajstić information content (AvgIpc) is 2.72. The van der Waals surface area contributed by atoms with Gasteiger partial charge in [0.25, 0.3) is 0 Å². The van der Waals surface area contributed by atoms with Crippen LogP contribution in [0.2, 0.25) is 0 Å². The van der Waals surface area contributed by atoms with E-state index in [9.17, 15) is 26.4 Å². The number of alkyl halides is 3. The van der Waals surface area contributed by atoms with Gasteiger partial charge >= 0.3 is 6.18 Å². The Kier molecular flexibility index (Phi) is 7.02. The van der Waals surface area contributed by atoms with Crippen molar-refractivity contribution in [2.75, 3.05) is 26.2 Å². The second-order valence-corrected chi connectivity index (χ2v) is 10.5. The fourth-order valence-corrected chi connectivity index (χ4v) is 6.01. The fourth-order valence-electron chi connectivity index (χ4n) is 4.54. The minimum atomic E-state index is -4.61. The molecular weight excluding hydrogens is 431 g/mol. The van der Waals surface area contributed by atoms with Gasteiger partial charge in [0.05, 0.1) is 16.5 Å². The molecule has 0 aliphatic carbocycles. The Morgan fingerprint density at radius 3 is 2.19 bits per heavy atom. The molecule has 2 saturated heterocycles. The van der Waals surface area contributed by atoms with Crippen molar-refractivity contribution < 1.29 is 26.4 Å². The van der Waals surface area contributed by atoms with Crippen LogP contribution in [0, 0.1) is 0 Å². The van der Waals surface area contributed by atoms with Gasteiger partial charge in [0.2, 0.25) is 15.9 Å². The molecule has 0 bridgehead atoms. The van der Waals surface area contributed by atoms with E-state index in [1.54, 1.807) is 0 Å². The number of carbonyl (C=O) groups excluding carboxylic acids is 1. The molecule has 1 aromatic rings. The molecule has 0 aromatic heterocycles. The third-order valence-electron chi connectivity index (χ3n) is 6.43. The van der Waals surface area contributed by atoms with Crippen LogP contribution in [0.3, 0.4) is 0 Å². The molecule has 174 valence electrons. The molecule has 2 aliphatic heterocycles. The third-order valence-corrected chi connectivity index (χ3v) is 8.32. The topological polar surface area (TPSA) is 60.9 Å². The van der Waals surface area contributed by atoms with E-state index >= 15 is 0 Å². The van der Waals surface area contributed by atoms with Crippen molar-refractivity contribution in [3.63, 3.8) is 0 Å². The highest BCUT2D eigenvalue weighted by atomic mass is 32.2. The largest absolute Gasteiger partial charge is 0.416 e. The molecule has 2 fully saturated rings. The number of rotatable bonds is 4. The minimum absolute atomic E-state index is 0.0499. The summed E-state index contributed by atoms with van der Waals surface area (Å²) in [5.74, 6) is 0.0499. The number of nitrogens with zero attached hydrogens (tertiary/aromatic N) is 3. The molecule has 0 spiro atoms. The third kappa shape index (κ3) is 5.06. The fraction of sp³-hybridized carbons (Fsp3) is 0.667. The molecule has 3 atom stereocenters. The molecule has 31 heavy (non-hydrogen) atoms. The van der Waals surface area contributed by atoms with Gasteiger partial charge in [-0.15, -0.1) is 0 Å². The molecule has 10 heteroatoms. The highest BCUT2D eigenvalue weighted by molar-refractivity contribution is 7.89. The van der Waals surface area contributed by atoms with Crippen molar-refractivity contribution in [1.82, 2.24) is 14.1 Å². The number of hydrogen-bond donors (Lipinski definition) is 0. The minimum Gasteiger partial charge on any atom is -0.336 e. The summed E-state index contributed by atoms with van der Waals surface area (Å²) in [4.78, 5) is 16.6. The summed E-state index contributed by atoms with van der Waals surface area (Å²) in [7, 11) is -4.04. The Hall–Kier alpha value is -1.65. The lowest BCUT2D eigenvalue weighted by atomic mass is 9.96. The van der Waals surface area contributed by atoms with E-state index in [-0.39, 0.29) is 42.0 Å². The molecule has 0 N–H and O–H groups in total. The number of sulfonamides is 1. The van der Waals surface area contributed by atoms with Gasteiger partial charge < -0.3 is 4.90 Å². The second kappa shape index (κ2) is 9.07. The first-order valence-corrected chi connectivity index (χ1v) is 12.1. The van der Waals surface area contributed by atoms with E-state index in [1.807, 2.05) is 16.7 Å². The lowest BCUT2D eigenvalue weighted by molar-refractivity contribution is -0.143. The van der Waals surface area contributed by atoms with Crippen molar-refractivity contribution >= 4 is 15.9 Å². The smallest absolute Gasteiger partial charge is 0.336 e. The van der Waals surface area contributed by atoms with Gasteiger partial charge in [0.1, 0.15) is 0 Å². The van der Waals surface area contributed by atoms with Crippen LogP contribution >= 0.6 is 0 Å². The SMILES string of the molecule is C[C@H](C(=O)N1[C@@H](C)CCC[C@@H]1C)N1CCN(S(=O)(=O)c2cccc(C(F)(F)F)c2)CC1. The normalized spacial score (nSPS) is 25.4. The van der Waals surface area contributed by atoms with Gasteiger partial charge in [0.15, 0.2) is 0 Å².